The van der Waals surface area contributed by atoms with Crippen LogP contribution in [0.15, 0.2) is 12.7 Å². The van der Waals surface area contributed by atoms with E-state index in [4.69, 9.17) is 9.84 Å². The van der Waals surface area contributed by atoms with Crippen LogP contribution in [0.3, 0.4) is 0 Å². The molecule has 0 aliphatic carbocycles. The Morgan fingerprint density at radius 1 is 1.43 bits per heavy atom. The van der Waals surface area contributed by atoms with Gasteiger partial charge in [-0.25, -0.2) is 4.79 Å². The Bertz CT molecular complexity index is 470. The van der Waals surface area contributed by atoms with Crippen molar-refractivity contribution in [2.45, 2.75) is 64.1 Å². The summed E-state index contributed by atoms with van der Waals surface area (Å²) in [6.45, 7) is 8.47. The number of amides is 2. The Balaban J connectivity index is 2.85. The molecule has 23 heavy (non-hydrogen) atoms. The minimum Gasteiger partial charge on any atom is -0.480 e. The Morgan fingerprint density at radius 2 is 2.09 bits per heavy atom. The van der Waals surface area contributed by atoms with Crippen LogP contribution in [-0.4, -0.2) is 52.2 Å². The molecule has 2 atom stereocenters. The molecular formula is C16H26N2O5. The predicted molar refractivity (Wildman–Crippen MR) is 85.0 cm³/mol. The molecule has 7 nitrogen and oxygen atoms in total. The molecule has 130 valence electrons. The molecule has 2 amide bonds. The van der Waals surface area contributed by atoms with Crippen LogP contribution in [0.5, 0.6) is 0 Å². The smallest absolute Gasteiger partial charge is 0.408 e. The molecular weight excluding hydrogens is 300 g/mol. The quantitative estimate of drug-likeness (QED) is 0.753. The second-order valence-electron chi connectivity index (χ2n) is 6.67. The zero-order chi connectivity index (χ0) is 17.6. The van der Waals surface area contributed by atoms with Crippen molar-refractivity contribution in [1.29, 1.82) is 0 Å². The molecule has 1 heterocycles. The van der Waals surface area contributed by atoms with E-state index < -0.39 is 23.7 Å². The normalized spacial score (nSPS) is 22.2. The molecule has 0 radical (unpaired) electrons. The number of hydrogen-bond acceptors (Lipinski definition) is 4. The molecule has 0 aromatic rings. The van der Waals surface area contributed by atoms with E-state index in [1.165, 1.54) is 4.90 Å². The summed E-state index contributed by atoms with van der Waals surface area (Å²) in [5.74, 6) is -1.46. The number of aliphatic carboxylic acids is 1. The van der Waals surface area contributed by atoms with Gasteiger partial charge in [0.1, 0.15) is 18.2 Å². The van der Waals surface area contributed by atoms with Gasteiger partial charge >= 0.3 is 12.1 Å². The molecule has 1 saturated heterocycles. The summed E-state index contributed by atoms with van der Waals surface area (Å²) in [6, 6.07) is -0.972. The van der Waals surface area contributed by atoms with Crippen LogP contribution in [0.25, 0.3) is 0 Å². The molecule has 0 aromatic heterocycles. The van der Waals surface area contributed by atoms with Gasteiger partial charge in [-0.2, -0.15) is 0 Å². The fourth-order valence-corrected chi connectivity index (χ4v) is 2.59. The number of hydrogen-bond donors (Lipinski definition) is 2. The summed E-state index contributed by atoms with van der Waals surface area (Å²) < 4.78 is 5.17. The van der Waals surface area contributed by atoms with Crippen molar-refractivity contribution in [3.8, 4) is 0 Å². The van der Waals surface area contributed by atoms with Crippen LogP contribution >= 0.6 is 0 Å². The summed E-state index contributed by atoms with van der Waals surface area (Å²) in [5.41, 5.74) is -0.663. The van der Waals surface area contributed by atoms with Crippen LogP contribution in [0, 0.1) is 0 Å². The van der Waals surface area contributed by atoms with E-state index in [9.17, 15) is 14.4 Å². The fourth-order valence-electron chi connectivity index (χ4n) is 2.59. The summed E-state index contributed by atoms with van der Waals surface area (Å²) in [7, 11) is 0. The maximum Gasteiger partial charge on any atom is 0.408 e. The number of rotatable bonds is 5. The minimum absolute atomic E-state index is 0.207. The summed E-state index contributed by atoms with van der Waals surface area (Å²) in [5, 5.41) is 11.6. The van der Waals surface area contributed by atoms with E-state index in [0.717, 1.165) is 0 Å². The summed E-state index contributed by atoms with van der Waals surface area (Å²) >= 11 is 0. The molecule has 1 rings (SSSR count). The largest absolute Gasteiger partial charge is 0.480 e. The Kier molecular flexibility index (Phi) is 6.60. The number of nitrogens with one attached hydrogen (secondary N) is 1. The van der Waals surface area contributed by atoms with E-state index in [0.29, 0.717) is 25.7 Å². The molecule has 0 unspecified atom stereocenters. The van der Waals surface area contributed by atoms with Crippen molar-refractivity contribution in [3.63, 3.8) is 0 Å². The third-order valence-electron chi connectivity index (χ3n) is 3.49. The van der Waals surface area contributed by atoms with E-state index in [1.807, 2.05) is 0 Å². The topological polar surface area (TPSA) is 95.9 Å². The van der Waals surface area contributed by atoms with E-state index in [-0.39, 0.29) is 18.5 Å². The zero-order valence-electron chi connectivity index (χ0n) is 14.0. The predicted octanol–water partition coefficient (Wildman–Crippen LogP) is 1.92. The number of carbonyl (C=O) groups is 3. The van der Waals surface area contributed by atoms with Crippen LogP contribution < -0.4 is 5.32 Å². The van der Waals surface area contributed by atoms with Crippen molar-refractivity contribution in [1.82, 2.24) is 10.2 Å². The zero-order valence-corrected chi connectivity index (χ0v) is 14.0. The molecule has 7 heteroatoms. The number of carbonyl (C=O) groups excluding carboxylic acids is 2. The van der Waals surface area contributed by atoms with Gasteiger partial charge in [0.2, 0.25) is 5.91 Å². The molecule has 0 bridgehead atoms. The van der Waals surface area contributed by atoms with Gasteiger partial charge in [0.25, 0.3) is 0 Å². The molecule has 1 fully saturated rings. The number of carboxylic acids is 1. The highest BCUT2D eigenvalue weighted by molar-refractivity contribution is 5.88. The van der Waals surface area contributed by atoms with Gasteiger partial charge in [0, 0.05) is 6.04 Å². The van der Waals surface area contributed by atoms with Crippen LogP contribution in [0.2, 0.25) is 0 Å². The first kappa shape index (κ1) is 19.0. The summed E-state index contributed by atoms with van der Waals surface area (Å²) in [6.07, 6.45) is 3.38. The van der Waals surface area contributed by atoms with Crippen LogP contribution in [0.1, 0.15) is 46.5 Å². The molecule has 0 saturated carbocycles. The molecule has 1 aliphatic heterocycles. The van der Waals surface area contributed by atoms with Crippen molar-refractivity contribution in [2.24, 2.45) is 0 Å². The van der Waals surface area contributed by atoms with Gasteiger partial charge in [-0.1, -0.05) is 6.08 Å². The van der Waals surface area contributed by atoms with Gasteiger partial charge in [-0.3, -0.25) is 9.59 Å². The van der Waals surface area contributed by atoms with Crippen molar-refractivity contribution < 1.29 is 24.2 Å². The molecule has 0 aromatic carbocycles. The van der Waals surface area contributed by atoms with Gasteiger partial charge in [-0.05, 0) is 46.5 Å². The monoisotopic (exact) mass is 326 g/mol. The van der Waals surface area contributed by atoms with Gasteiger partial charge < -0.3 is 20.1 Å². The fraction of sp³-hybridized carbons (Fsp3) is 0.688. The number of alkyl carbamates (subject to hydrolysis) is 1. The first-order chi connectivity index (χ1) is 10.6. The third kappa shape index (κ3) is 6.30. The second kappa shape index (κ2) is 7.99. The average Bonchev–Trinajstić information content (AvgIpc) is 2.51. The lowest BCUT2D eigenvalue weighted by Crippen LogP contribution is -2.52. The standard InChI is InChI=1S/C16H26N2O5/c1-5-7-11-8-6-9-12(14(21)18(11)10-13(19)20)17-15(22)23-16(2,3)4/h5,11-12H,1,6-10H2,2-4H3,(H,17,22)(H,19,20)/t11-,12-/m0/s1. The lowest BCUT2D eigenvalue weighted by atomic mass is 10.1. The van der Waals surface area contributed by atoms with Gasteiger partial charge in [-0.15, -0.1) is 6.58 Å². The highest BCUT2D eigenvalue weighted by Gasteiger charge is 2.35. The minimum atomic E-state index is -1.08. The van der Waals surface area contributed by atoms with E-state index in [2.05, 4.69) is 11.9 Å². The van der Waals surface area contributed by atoms with Crippen LogP contribution in [0.4, 0.5) is 4.79 Å². The van der Waals surface area contributed by atoms with E-state index in [1.54, 1.807) is 26.8 Å². The lowest BCUT2D eigenvalue weighted by molar-refractivity contribution is -0.146. The van der Waals surface area contributed by atoms with Crippen molar-refractivity contribution in [2.75, 3.05) is 6.54 Å². The maximum atomic E-state index is 12.6. The van der Waals surface area contributed by atoms with Crippen molar-refractivity contribution in [3.05, 3.63) is 12.7 Å². The molecule has 2 N–H and O–H groups in total. The Morgan fingerprint density at radius 3 is 2.61 bits per heavy atom. The number of ether oxygens (including phenoxy) is 1. The highest BCUT2D eigenvalue weighted by Crippen LogP contribution is 2.21. The number of nitrogens with zero attached hydrogens (tertiary/aromatic N) is 1. The van der Waals surface area contributed by atoms with Gasteiger partial charge in [0.05, 0.1) is 0 Å². The SMILES string of the molecule is C=CC[C@H]1CCC[C@H](NC(=O)OC(C)(C)C)C(=O)N1CC(=O)O. The lowest BCUT2D eigenvalue weighted by Gasteiger charge is -2.30. The Hall–Kier alpha value is -2.05. The number of carboxylic acid groups (broad SMARTS) is 1. The Labute approximate surface area is 136 Å². The molecule has 0 spiro atoms. The van der Waals surface area contributed by atoms with Gasteiger partial charge in [0.15, 0.2) is 0 Å². The first-order valence-corrected chi connectivity index (χ1v) is 7.76. The average molecular weight is 326 g/mol. The van der Waals surface area contributed by atoms with E-state index >= 15 is 0 Å². The van der Waals surface area contributed by atoms with Crippen LogP contribution in [-0.2, 0) is 14.3 Å². The first-order valence-electron chi connectivity index (χ1n) is 7.76. The maximum absolute atomic E-state index is 12.6. The highest BCUT2D eigenvalue weighted by atomic mass is 16.6. The summed E-state index contributed by atoms with van der Waals surface area (Å²) in [4.78, 5) is 36.9. The van der Waals surface area contributed by atoms with Crippen molar-refractivity contribution >= 4 is 18.0 Å². The second-order valence-corrected chi connectivity index (χ2v) is 6.67. The molecule has 1 aliphatic rings. The third-order valence-corrected chi connectivity index (χ3v) is 3.49. The number of likely N-dealkylation sites (tertiary alicyclic amines) is 1.